The molecule has 36 heavy (non-hydrogen) atoms. The number of hydrogen-bond acceptors (Lipinski definition) is 8. The van der Waals surface area contributed by atoms with Crippen LogP contribution in [0.25, 0.3) is 17.4 Å². The Morgan fingerprint density at radius 1 is 1.03 bits per heavy atom. The zero-order valence-electron chi connectivity index (χ0n) is 19.4. The van der Waals surface area contributed by atoms with Gasteiger partial charge < -0.3 is 4.42 Å². The van der Waals surface area contributed by atoms with Crippen molar-refractivity contribution in [2.24, 2.45) is 5.10 Å². The predicted molar refractivity (Wildman–Crippen MR) is 139 cm³/mol. The van der Waals surface area contributed by atoms with E-state index in [-0.39, 0.29) is 15.9 Å². The maximum Gasteiger partial charge on any atom is 0.280 e. The van der Waals surface area contributed by atoms with Crippen molar-refractivity contribution in [1.82, 2.24) is 10.2 Å². The van der Waals surface area contributed by atoms with Gasteiger partial charge in [-0.2, -0.15) is 10.1 Å². The number of nitrogens with one attached hydrogen (secondary N) is 1. The van der Waals surface area contributed by atoms with E-state index in [1.165, 1.54) is 28.5 Å². The standard InChI is InChI=1S/C25H21N5O4S2/c1-3-23-26-27-25(35-23)29-36(32,33)20-12-9-17(10-13-20)22-14-11-19(34-22)15-21-16(2)28-30(24(21)31)18-7-5-4-6-8-18/h4-15H,3H2,1-2H3,(H,27,29)/b21-15-. The topological polar surface area (TPSA) is 118 Å². The number of sulfonamides is 1. The number of rotatable bonds is 7. The number of nitrogens with zero attached hydrogens (tertiary/aromatic N) is 4. The lowest BCUT2D eigenvalue weighted by molar-refractivity contribution is -0.114. The molecule has 182 valence electrons. The maximum atomic E-state index is 12.9. The molecule has 0 fully saturated rings. The molecule has 1 aliphatic heterocycles. The Balaban J connectivity index is 1.33. The molecule has 1 N–H and O–H groups in total. The van der Waals surface area contributed by atoms with Gasteiger partial charge in [-0.05, 0) is 68.0 Å². The third-order valence-corrected chi connectivity index (χ3v) is 7.88. The summed E-state index contributed by atoms with van der Waals surface area (Å²) in [6.45, 7) is 3.70. The molecule has 4 aromatic rings. The van der Waals surface area contributed by atoms with Gasteiger partial charge in [0, 0.05) is 5.56 Å². The average molecular weight is 520 g/mol. The van der Waals surface area contributed by atoms with E-state index in [4.69, 9.17) is 4.42 Å². The van der Waals surface area contributed by atoms with Crippen molar-refractivity contribution in [3.05, 3.63) is 83.1 Å². The number of hydrazone groups is 1. The quantitative estimate of drug-likeness (QED) is 0.345. The van der Waals surface area contributed by atoms with Crippen LogP contribution in [0.1, 0.15) is 24.6 Å². The van der Waals surface area contributed by atoms with Crippen molar-refractivity contribution in [2.75, 3.05) is 9.73 Å². The van der Waals surface area contributed by atoms with Crippen LogP contribution in [0.5, 0.6) is 0 Å². The summed E-state index contributed by atoms with van der Waals surface area (Å²) >= 11 is 1.20. The van der Waals surface area contributed by atoms with E-state index in [1.807, 2.05) is 37.3 Å². The number of amides is 1. The number of carbonyl (C=O) groups excluding carboxylic acids is 1. The Hall–Kier alpha value is -4.09. The second-order valence-corrected chi connectivity index (χ2v) is 10.6. The van der Waals surface area contributed by atoms with Crippen molar-refractivity contribution < 1.29 is 17.6 Å². The number of benzene rings is 2. The largest absolute Gasteiger partial charge is 0.457 e. The normalized spacial score (nSPS) is 14.9. The number of anilines is 2. The molecule has 0 unspecified atom stereocenters. The summed E-state index contributed by atoms with van der Waals surface area (Å²) in [6.07, 6.45) is 2.34. The van der Waals surface area contributed by atoms with Crippen molar-refractivity contribution in [3.8, 4) is 11.3 Å². The molecule has 2 aromatic heterocycles. The minimum atomic E-state index is -3.80. The Kier molecular flexibility index (Phi) is 6.25. The van der Waals surface area contributed by atoms with E-state index in [2.05, 4.69) is 20.0 Å². The first-order valence-corrected chi connectivity index (χ1v) is 13.4. The van der Waals surface area contributed by atoms with Gasteiger partial charge in [0.05, 0.1) is 21.9 Å². The molecule has 1 aliphatic rings. The molecule has 5 rings (SSSR count). The van der Waals surface area contributed by atoms with Gasteiger partial charge in [-0.15, -0.1) is 10.2 Å². The van der Waals surface area contributed by atoms with Gasteiger partial charge >= 0.3 is 0 Å². The summed E-state index contributed by atoms with van der Waals surface area (Å²) in [4.78, 5) is 13.0. The van der Waals surface area contributed by atoms with E-state index in [1.54, 1.807) is 37.3 Å². The molecule has 0 spiro atoms. The summed E-state index contributed by atoms with van der Waals surface area (Å²) in [5.41, 5.74) is 2.41. The van der Waals surface area contributed by atoms with Crippen LogP contribution in [0.2, 0.25) is 0 Å². The van der Waals surface area contributed by atoms with Crippen molar-refractivity contribution in [1.29, 1.82) is 0 Å². The molecule has 9 nitrogen and oxygen atoms in total. The molecule has 0 saturated heterocycles. The lowest BCUT2D eigenvalue weighted by atomic mass is 10.1. The molecular formula is C25H21N5O4S2. The molecular weight excluding hydrogens is 498 g/mol. The number of hydrogen-bond donors (Lipinski definition) is 1. The molecule has 0 bridgehead atoms. The van der Waals surface area contributed by atoms with Gasteiger partial charge in [-0.1, -0.05) is 36.5 Å². The van der Waals surface area contributed by atoms with Gasteiger partial charge in [0.1, 0.15) is 16.5 Å². The average Bonchev–Trinajstić information content (AvgIpc) is 3.61. The highest BCUT2D eigenvalue weighted by molar-refractivity contribution is 7.93. The Bertz CT molecular complexity index is 1590. The Labute approximate surface area is 211 Å². The first-order valence-electron chi connectivity index (χ1n) is 11.1. The van der Waals surface area contributed by atoms with Crippen molar-refractivity contribution >= 4 is 49.9 Å². The Morgan fingerprint density at radius 2 is 1.78 bits per heavy atom. The molecule has 0 atom stereocenters. The minimum absolute atomic E-state index is 0.0952. The zero-order chi connectivity index (χ0) is 25.3. The maximum absolute atomic E-state index is 12.9. The van der Waals surface area contributed by atoms with Crippen LogP contribution >= 0.6 is 11.3 Å². The number of aryl methyl sites for hydroxylation is 1. The highest BCUT2D eigenvalue weighted by atomic mass is 32.2. The zero-order valence-corrected chi connectivity index (χ0v) is 21.0. The minimum Gasteiger partial charge on any atom is -0.457 e. The fourth-order valence-electron chi connectivity index (χ4n) is 3.57. The van der Waals surface area contributed by atoms with Gasteiger partial charge in [0.25, 0.3) is 15.9 Å². The summed E-state index contributed by atoms with van der Waals surface area (Å²) in [5.74, 6) is 0.787. The summed E-state index contributed by atoms with van der Waals surface area (Å²) in [6, 6.07) is 19.0. The van der Waals surface area contributed by atoms with Crippen LogP contribution in [0.15, 0.2) is 86.7 Å². The van der Waals surface area contributed by atoms with E-state index < -0.39 is 10.0 Å². The van der Waals surface area contributed by atoms with E-state index >= 15 is 0 Å². The number of aromatic nitrogens is 2. The number of para-hydroxylation sites is 1. The smallest absolute Gasteiger partial charge is 0.280 e. The highest BCUT2D eigenvalue weighted by Crippen LogP contribution is 2.28. The summed E-state index contributed by atoms with van der Waals surface area (Å²) in [5, 5.41) is 14.5. The molecule has 1 amide bonds. The van der Waals surface area contributed by atoms with Crippen LogP contribution in [-0.2, 0) is 21.2 Å². The molecule has 11 heteroatoms. The molecule has 3 heterocycles. The fraction of sp³-hybridized carbons (Fsp3) is 0.120. The lowest BCUT2D eigenvalue weighted by Crippen LogP contribution is -2.21. The van der Waals surface area contributed by atoms with Crippen LogP contribution in [0.4, 0.5) is 10.8 Å². The summed E-state index contributed by atoms with van der Waals surface area (Å²) < 4.78 is 33.7. The van der Waals surface area contributed by atoms with E-state index in [0.29, 0.717) is 40.5 Å². The highest BCUT2D eigenvalue weighted by Gasteiger charge is 2.29. The predicted octanol–water partition coefficient (Wildman–Crippen LogP) is 4.97. The van der Waals surface area contributed by atoms with Crippen LogP contribution < -0.4 is 9.73 Å². The van der Waals surface area contributed by atoms with Crippen molar-refractivity contribution in [2.45, 2.75) is 25.2 Å². The molecule has 2 aromatic carbocycles. The first-order chi connectivity index (χ1) is 17.3. The summed E-state index contributed by atoms with van der Waals surface area (Å²) in [7, 11) is -3.80. The second-order valence-electron chi connectivity index (χ2n) is 7.88. The fourth-order valence-corrected chi connectivity index (χ4v) is 5.48. The number of carbonyl (C=O) groups is 1. The van der Waals surface area contributed by atoms with Crippen LogP contribution in [-0.4, -0.2) is 30.2 Å². The number of furan rings is 1. The molecule has 0 aliphatic carbocycles. The van der Waals surface area contributed by atoms with Crippen molar-refractivity contribution in [3.63, 3.8) is 0 Å². The van der Waals surface area contributed by atoms with E-state index in [9.17, 15) is 13.2 Å². The third-order valence-electron chi connectivity index (χ3n) is 5.42. The molecule has 0 saturated carbocycles. The van der Waals surface area contributed by atoms with Gasteiger partial charge in [0.15, 0.2) is 0 Å². The monoisotopic (exact) mass is 519 g/mol. The van der Waals surface area contributed by atoms with Crippen LogP contribution in [0, 0.1) is 0 Å². The van der Waals surface area contributed by atoms with Gasteiger partial charge in [-0.3, -0.25) is 9.52 Å². The van der Waals surface area contributed by atoms with E-state index in [0.717, 1.165) is 5.01 Å². The van der Waals surface area contributed by atoms with Gasteiger partial charge in [0.2, 0.25) is 5.13 Å². The SMILES string of the molecule is CCc1nnc(NS(=O)(=O)c2ccc(-c3ccc(/C=C4\C(=O)N(c5ccccc5)N=C4C)o3)cc2)s1. The van der Waals surface area contributed by atoms with Crippen LogP contribution in [0.3, 0.4) is 0 Å². The third kappa shape index (κ3) is 4.70. The Morgan fingerprint density at radius 3 is 2.47 bits per heavy atom. The molecule has 0 radical (unpaired) electrons. The lowest BCUT2D eigenvalue weighted by Gasteiger charge is -2.10. The first kappa shape index (κ1) is 23.6. The second kappa shape index (κ2) is 9.51. The van der Waals surface area contributed by atoms with Gasteiger partial charge in [-0.25, -0.2) is 8.42 Å².